The van der Waals surface area contributed by atoms with Gasteiger partial charge in [0.05, 0.1) is 36.7 Å². The normalized spacial score (nSPS) is 11.0. The minimum atomic E-state index is -0.125. The van der Waals surface area contributed by atoms with E-state index in [-0.39, 0.29) is 5.91 Å². The topological polar surface area (TPSA) is 56.4 Å². The molecule has 0 aliphatic heterocycles. The number of nitrogens with zero attached hydrogens (tertiary/aromatic N) is 1. The lowest BCUT2D eigenvalue weighted by Crippen LogP contribution is -2.25. The lowest BCUT2D eigenvalue weighted by molar-refractivity contribution is 0.0939. The van der Waals surface area contributed by atoms with Gasteiger partial charge in [0.2, 0.25) is 0 Å². The number of fused-ring (bicyclic) bond motifs is 1. The minimum absolute atomic E-state index is 0.125. The summed E-state index contributed by atoms with van der Waals surface area (Å²) >= 11 is 1.63. The number of amides is 1. The molecule has 0 spiro atoms. The van der Waals surface area contributed by atoms with Gasteiger partial charge in [-0.2, -0.15) is 0 Å². The molecule has 0 saturated carbocycles. The van der Waals surface area contributed by atoms with Crippen LogP contribution in [0.5, 0.6) is 5.75 Å². The van der Waals surface area contributed by atoms with E-state index in [0.29, 0.717) is 18.8 Å². The second-order valence-electron chi connectivity index (χ2n) is 5.86. The number of hydrogen-bond donors (Lipinski definition) is 1. The predicted molar refractivity (Wildman–Crippen MR) is 102 cm³/mol. The molecular formula is C20H18N2O3S. The van der Waals surface area contributed by atoms with E-state index in [4.69, 9.17) is 9.15 Å². The lowest BCUT2D eigenvalue weighted by atomic mass is 10.2. The summed E-state index contributed by atoms with van der Waals surface area (Å²) in [6.45, 7) is 0.924. The van der Waals surface area contributed by atoms with Crippen LogP contribution in [0.15, 0.2) is 64.6 Å². The Morgan fingerprint density at radius 1 is 1.23 bits per heavy atom. The van der Waals surface area contributed by atoms with Crippen molar-refractivity contribution in [1.29, 1.82) is 0 Å². The number of methoxy groups -OCH3 is 1. The second-order valence-corrected chi connectivity index (χ2v) is 6.81. The van der Waals surface area contributed by atoms with Crippen molar-refractivity contribution >= 4 is 27.5 Å². The van der Waals surface area contributed by atoms with E-state index >= 15 is 0 Å². The van der Waals surface area contributed by atoms with Gasteiger partial charge in [0.15, 0.2) is 0 Å². The predicted octanol–water partition coefficient (Wildman–Crippen LogP) is 4.28. The van der Waals surface area contributed by atoms with Gasteiger partial charge in [0.1, 0.15) is 17.2 Å². The largest absolute Gasteiger partial charge is 0.496 e. The lowest BCUT2D eigenvalue weighted by Gasteiger charge is -2.13. The van der Waals surface area contributed by atoms with Crippen LogP contribution in [0.2, 0.25) is 0 Å². The first-order valence-corrected chi connectivity index (χ1v) is 9.13. The van der Waals surface area contributed by atoms with Gasteiger partial charge in [-0.25, -0.2) is 0 Å². The summed E-state index contributed by atoms with van der Waals surface area (Å²) in [5, 5.41) is 4.96. The number of carbonyl (C=O) groups is 1. The van der Waals surface area contributed by atoms with Crippen LogP contribution in [-0.2, 0) is 13.1 Å². The van der Waals surface area contributed by atoms with Crippen molar-refractivity contribution in [1.82, 2.24) is 9.88 Å². The monoisotopic (exact) mass is 366 g/mol. The highest BCUT2D eigenvalue weighted by Gasteiger charge is 2.18. The fourth-order valence-corrected chi connectivity index (χ4v) is 3.83. The van der Waals surface area contributed by atoms with Crippen LogP contribution in [0.25, 0.3) is 10.2 Å². The summed E-state index contributed by atoms with van der Waals surface area (Å²) in [6.07, 6.45) is 1.60. The first kappa shape index (κ1) is 16.5. The summed E-state index contributed by atoms with van der Waals surface area (Å²) < 4.78 is 13.9. The Morgan fingerprint density at radius 3 is 2.92 bits per heavy atom. The van der Waals surface area contributed by atoms with Gasteiger partial charge in [-0.1, -0.05) is 18.2 Å². The molecule has 26 heavy (non-hydrogen) atoms. The number of furan rings is 1. The first-order chi connectivity index (χ1) is 12.8. The van der Waals surface area contributed by atoms with E-state index < -0.39 is 0 Å². The molecule has 0 radical (unpaired) electrons. The van der Waals surface area contributed by atoms with E-state index in [9.17, 15) is 4.79 Å². The molecule has 5 nitrogen and oxygen atoms in total. The molecule has 1 N–H and O–H groups in total. The average molecular weight is 366 g/mol. The number of rotatable bonds is 6. The van der Waals surface area contributed by atoms with E-state index in [1.54, 1.807) is 24.7 Å². The Bertz CT molecular complexity index is 1030. The highest BCUT2D eigenvalue weighted by Crippen LogP contribution is 2.28. The van der Waals surface area contributed by atoms with Crippen molar-refractivity contribution < 1.29 is 13.9 Å². The molecule has 0 unspecified atom stereocenters. The SMILES string of the molecule is COc1ccccc1Cn1c(C(=O)NCc2ccco2)cc2sccc21. The number of carbonyl (C=O) groups excluding carboxylic acids is 1. The number of aromatic nitrogens is 1. The molecule has 1 amide bonds. The van der Waals surface area contributed by atoms with Crippen molar-refractivity contribution in [3.8, 4) is 5.75 Å². The molecular weight excluding hydrogens is 348 g/mol. The molecule has 4 aromatic rings. The number of hydrogen-bond acceptors (Lipinski definition) is 4. The van der Waals surface area contributed by atoms with Crippen LogP contribution in [0.3, 0.4) is 0 Å². The highest BCUT2D eigenvalue weighted by molar-refractivity contribution is 7.17. The third kappa shape index (κ3) is 3.11. The van der Waals surface area contributed by atoms with Gasteiger partial charge in [-0.3, -0.25) is 4.79 Å². The van der Waals surface area contributed by atoms with Gasteiger partial charge >= 0.3 is 0 Å². The molecule has 0 atom stereocenters. The maximum absolute atomic E-state index is 12.8. The zero-order valence-corrected chi connectivity index (χ0v) is 15.1. The van der Waals surface area contributed by atoms with Crippen LogP contribution in [0.1, 0.15) is 21.8 Å². The Labute approximate surface area is 154 Å². The second kappa shape index (κ2) is 7.09. The summed E-state index contributed by atoms with van der Waals surface area (Å²) in [7, 11) is 1.66. The van der Waals surface area contributed by atoms with Crippen LogP contribution in [0, 0.1) is 0 Å². The van der Waals surface area contributed by atoms with Crippen LogP contribution in [0.4, 0.5) is 0 Å². The number of benzene rings is 1. The minimum Gasteiger partial charge on any atom is -0.496 e. The molecule has 132 valence electrons. The Balaban J connectivity index is 1.65. The zero-order valence-electron chi connectivity index (χ0n) is 14.3. The standard InChI is InChI=1S/C20H18N2O3S/c1-24-18-7-3-2-5-14(18)13-22-16-8-10-26-19(16)11-17(22)20(23)21-12-15-6-4-9-25-15/h2-11H,12-13H2,1H3,(H,21,23). The molecule has 1 aromatic carbocycles. The van der Waals surface area contributed by atoms with E-state index in [2.05, 4.69) is 5.32 Å². The van der Waals surface area contributed by atoms with Gasteiger partial charge in [-0.15, -0.1) is 11.3 Å². The smallest absolute Gasteiger partial charge is 0.268 e. The van der Waals surface area contributed by atoms with Crippen molar-refractivity contribution in [3.05, 3.63) is 77.2 Å². The van der Waals surface area contributed by atoms with Gasteiger partial charge in [0.25, 0.3) is 5.91 Å². The Kier molecular flexibility index (Phi) is 4.50. The van der Waals surface area contributed by atoms with Crippen LogP contribution < -0.4 is 10.1 Å². The Morgan fingerprint density at radius 2 is 2.12 bits per heavy atom. The molecule has 0 bridgehead atoms. The summed E-state index contributed by atoms with van der Waals surface area (Å²) in [6, 6.07) is 15.5. The van der Waals surface area contributed by atoms with Crippen LogP contribution in [-0.4, -0.2) is 17.6 Å². The Hall–Kier alpha value is -2.99. The van der Waals surface area contributed by atoms with Crippen LogP contribution >= 0.6 is 11.3 Å². The number of para-hydroxylation sites is 1. The molecule has 0 saturated heterocycles. The van der Waals surface area contributed by atoms with E-state index in [0.717, 1.165) is 27.3 Å². The third-order valence-corrected chi connectivity index (χ3v) is 5.13. The fraction of sp³-hybridized carbons (Fsp3) is 0.150. The van der Waals surface area contributed by atoms with Crippen molar-refractivity contribution in [2.24, 2.45) is 0 Å². The zero-order chi connectivity index (χ0) is 17.9. The molecule has 3 aromatic heterocycles. The molecule has 0 aliphatic carbocycles. The fourth-order valence-electron chi connectivity index (χ4n) is 3.01. The average Bonchev–Trinajstić information content (AvgIpc) is 3.39. The molecule has 4 rings (SSSR count). The van der Waals surface area contributed by atoms with E-state index in [1.165, 1.54) is 0 Å². The van der Waals surface area contributed by atoms with Crippen molar-refractivity contribution in [2.45, 2.75) is 13.1 Å². The van der Waals surface area contributed by atoms with Gasteiger partial charge < -0.3 is 19.0 Å². The molecule has 0 aliphatic rings. The summed E-state index contributed by atoms with van der Waals surface area (Å²) in [4.78, 5) is 12.8. The maximum atomic E-state index is 12.8. The molecule has 0 fully saturated rings. The van der Waals surface area contributed by atoms with Gasteiger partial charge in [-0.05, 0) is 35.7 Å². The van der Waals surface area contributed by atoms with Gasteiger partial charge in [0, 0.05) is 5.56 Å². The number of ether oxygens (including phenoxy) is 1. The number of nitrogens with one attached hydrogen (secondary N) is 1. The van der Waals surface area contributed by atoms with Crippen molar-refractivity contribution in [2.75, 3.05) is 7.11 Å². The number of thiophene rings is 1. The first-order valence-electron chi connectivity index (χ1n) is 8.25. The highest BCUT2D eigenvalue weighted by atomic mass is 32.1. The van der Waals surface area contributed by atoms with Crippen molar-refractivity contribution in [3.63, 3.8) is 0 Å². The maximum Gasteiger partial charge on any atom is 0.268 e. The summed E-state index contributed by atoms with van der Waals surface area (Å²) in [5.41, 5.74) is 2.70. The quantitative estimate of drug-likeness (QED) is 0.554. The molecule has 6 heteroatoms. The third-order valence-electron chi connectivity index (χ3n) is 4.28. The van der Waals surface area contributed by atoms with E-state index in [1.807, 2.05) is 58.5 Å². The summed E-state index contributed by atoms with van der Waals surface area (Å²) in [5.74, 6) is 1.41. The molecule has 3 heterocycles.